The molecule has 2 N–H and O–H groups in total. The zero-order chi connectivity index (χ0) is 37.0. The summed E-state index contributed by atoms with van der Waals surface area (Å²) in [5.41, 5.74) is 13.1. The van der Waals surface area contributed by atoms with Crippen molar-refractivity contribution in [2.75, 3.05) is 4.90 Å². The Hall–Kier alpha value is -6.95. The molecule has 3 aliphatic rings. The van der Waals surface area contributed by atoms with Crippen LogP contribution in [0.2, 0.25) is 0 Å². The minimum Gasteiger partial charge on any atom is -0.350 e. The molecule has 0 fully saturated rings. The second-order valence-electron chi connectivity index (χ2n) is 14.8. The van der Waals surface area contributed by atoms with Crippen LogP contribution in [0.3, 0.4) is 0 Å². The molecule has 0 amide bonds. The molecule has 0 saturated heterocycles. The van der Waals surface area contributed by atoms with Crippen molar-refractivity contribution < 1.29 is 0 Å². The van der Waals surface area contributed by atoms with E-state index in [0.29, 0.717) is 0 Å². The number of rotatable bonds is 6. The van der Waals surface area contributed by atoms with Gasteiger partial charge in [0.25, 0.3) is 0 Å². The van der Waals surface area contributed by atoms with Gasteiger partial charge in [-0.1, -0.05) is 158 Å². The number of aliphatic imine (C=N–C) groups is 1. The molecule has 1 aliphatic carbocycles. The summed E-state index contributed by atoms with van der Waals surface area (Å²) < 4.78 is 2.42. The van der Waals surface area contributed by atoms with Crippen LogP contribution >= 0.6 is 0 Å². The van der Waals surface area contributed by atoms with Crippen LogP contribution in [0.5, 0.6) is 0 Å². The lowest BCUT2D eigenvalue weighted by molar-refractivity contribution is 0.409. The Kier molecular flexibility index (Phi) is 7.78. The molecule has 0 bridgehead atoms. The van der Waals surface area contributed by atoms with Gasteiger partial charge in [0.15, 0.2) is 0 Å². The first kappa shape index (κ1) is 32.5. The smallest absolute Gasteiger partial charge is 0.131 e. The molecule has 4 unspecified atom stereocenters. The molecule has 268 valence electrons. The molecule has 1 aromatic heterocycles. The molecule has 11 rings (SSSR count). The maximum absolute atomic E-state index is 5.25. The van der Waals surface area contributed by atoms with Crippen molar-refractivity contribution in [1.29, 1.82) is 0 Å². The Morgan fingerprint density at radius 1 is 0.536 bits per heavy atom. The lowest BCUT2D eigenvalue weighted by Gasteiger charge is -2.32. The molecule has 4 atom stereocenters. The molecular formula is C51H39N5. The highest BCUT2D eigenvalue weighted by Gasteiger charge is 2.38. The lowest BCUT2D eigenvalue weighted by Crippen LogP contribution is -2.44. The minimum atomic E-state index is -0.254. The van der Waals surface area contributed by atoms with Gasteiger partial charge >= 0.3 is 0 Å². The maximum Gasteiger partial charge on any atom is 0.131 e. The van der Waals surface area contributed by atoms with Gasteiger partial charge in [-0.05, 0) is 70.3 Å². The number of amidine groups is 1. The Morgan fingerprint density at radius 3 is 2.09 bits per heavy atom. The van der Waals surface area contributed by atoms with E-state index in [4.69, 9.17) is 4.99 Å². The van der Waals surface area contributed by atoms with Crippen molar-refractivity contribution >= 4 is 44.6 Å². The molecule has 5 heteroatoms. The molecule has 3 heterocycles. The second kappa shape index (κ2) is 13.4. The van der Waals surface area contributed by atoms with Crippen LogP contribution in [0.1, 0.15) is 46.1 Å². The quantitative estimate of drug-likeness (QED) is 0.180. The number of para-hydroxylation sites is 3. The summed E-state index contributed by atoms with van der Waals surface area (Å²) in [4.78, 5) is 7.74. The van der Waals surface area contributed by atoms with Gasteiger partial charge in [0.05, 0.1) is 17.1 Å². The van der Waals surface area contributed by atoms with Gasteiger partial charge in [-0.2, -0.15) is 0 Å². The highest BCUT2D eigenvalue weighted by Crippen LogP contribution is 2.49. The molecule has 0 saturated carbocycles. The van der Waals surface area contributed by atoms with Crippen LogP contribution in [0.15, 0.2) is 205 Å². The predicted octanol–water partition coefficient (Wildman–Crippen LogP) is 11.4. The lowest BCUT2D eigenvalue weighted by atomic mass is 9.86. The number of allylic oxidation sites excluding steroid dienone is 2. The zero-order valence-corrected chi connectivity index (χ0v) is 30.7. The SMILES string of the molecule is C1=CC2C(C=C1c1ccc3c4ccccc4n(-c4cccc(C5N=C(c6ccccc6)NC(c6ccccc6)N5)c4)c3c1)c1ccccc1N2c1ccccc1. The molecule has 0 radical (unpaired) electrons. The van der Waals surface area contributed by atoms with Crippen LogP contribution in [-0.2, 0) is 0 Å². The fourth-order valence-corrected chi connectivity index (χ4v) is 8.98. The summed E-state index contributed by atoms with van der Waals surface area (Å²) in [5.74, 6) is 1.13. The first-order chi connectivity index (χ1) is 27.8. The molecule has 2 aliphatic heterocycles. The summed E-state index contributed by atoms with van der Waals surface area (Å²) in [6.45, 7) is 0. The molecule has 5 nitrogen and oxygen atoms in total. The van der Waals surface area contributed by atoms with Crippen molar-refractivity contribution in [2.45, 2.75) is 24.3 Å². The van der Waals surface area contributed by atoms with Crippen LogP contribution in [-0.4, -0.2) is 16.4 Å². The van der Waals surface area contributed by atoms with E-state index in [9.17, 15) is 0 Å². The Labute approximate surface area is 326 Å². The number of benzene rings is 7. The summed E-state index contributed by atoms with van der Waals surface area (Å²) in [6.07, 6.45) is 6.85. The van der Waals surface area contributed by atoms with Gasteiger partial charge in [0.1, 0.15) is 18.2 Å². The average molecular weight is 722 g/mol. The Bertz CT molecular complexity index is 2840. The van der Waals surface area contributed by atoms with Crippen molar-refractivity contribution in [3.8, 4) is 5.69 Å². The highest BCUT2D eigenvalue weighted by atomic mass is 15.3. The Balaban J connectivity index is 1.00. The van der Waals surface area contributed by atoms with Crippen molar-refractivity contribution in [2.24, 2.45) is 4.99 Å². The molecule has 56 heavy (non-hydrogen) atoms. The van der Waals surface area contributed by atoms with Gasteiger partial charge in [-0.3, -0.25) is 5.32 Å². The fraction of sp³-hybridized carbons (Fsp3) is 0.0784. The van der Waals surface area contributed by atoms with Crippen molar-refractivity contribution in [1.82, 2.24) is 15.2 Å². The van der Waals surface area contributed by atoms with E-state index in [0.717, 1.165) is 28.2 Å². The summed E-state index contributed by atoms with van der Waals surface area (Å²) in [6, 6.07) is 65.4. The summed E-state index contributed by atoms with van der Waals surface area (Å²) in [7, 11) is 0. The van der Waals surface area contributed by atoms with Crippen LogP contribution in [0, 0.1) is 0 Å². The van der Waals surface area contributed by atoms with E-state index >= 15 is 0 Å². The van der Waals surface area contributed by atoms with Crippen molar-refractivity contribution in [3.63, 3.8) is 0 Å². The zero-order valence-electron chi connectivity index (χ0n) is 30.7. The van der Waals surface area contributed by atoms with Gasteiger partial charge in [-0.15, -0.1) is 0 Å². The van der Waals surface area contributed by atoms with Crippen molar-refractivity contribution in [3.05, 3.63) is 228 Å². The first-order valence-electron chi connectivity index (χ1n) is 19.4. The van der Waals surface area contributed by atoms with E-state index in [1.54, 1.807) is 0 Å². The van der Waals surface area contributed by atoms with Crippen LogP contribution < -0.4 is 15.5 Å². The third kappa shape index (κ3) is 5.47. The fourth-order valence-electron chi connectivity index (χ4n) is 8.98. The van der Waals surface area contributed by atoms with E-state index in [1.165, 1.54) is 49.9 Å². The van der Waals surface area contributed by atoms with Gasteiger partial charge in [-0.25, -0.2) is 4.99 Å². The number of fused-ring (bicyclic) bond motifs is 6. The number of aromatic nitrogens is 1. The Morgan fingerprint density at radius 2 is 1.23 bits per heavy atom. The van der Waals surface area contributed by atoms with E-state index < -0.39 is 0 Å². The molecule has 7 aromatic carbocycles. The summed E-state index contributed by atoms with van der Waals surface area (Å²) >= 11 is 0. The van der Waals surface area contributed by atoms with E-state index in [-0.39, 0.29) is 24.3 Å². The molecule has 0 spiro atoms. The highest BCUT2D eigenvalue weighted by molar-refractivity contribution is 6.10. The number of hydrogen-bond donors (Lipinski definition) is 2. The number of anilines is 2. The van der Waals surface area contributed by atoms with Crippen LogP contribution in [0.4, 0.5) is 11.4 Å². The maximum atomic E-state index is 5.25. The average Bonchev–Trinajstić information content (AvgIpc) is 3.79. The molecular weight excluding hydrogens is 683 g/mol. The normalized spacial score (nSPS) is 20.0. The van der Waals surface area contributed by atoms with Gasteiger partial charge in [0.2, 0.25) is 0 Å². The van der Waals surface area contributed by atoms with Gasteiger partial charge in [0, 0.05) is 39.3 Å². The number of nitrogens with zero attached hydrogens (tertiary/aromatic N) is 3. The second-order valence-corrected chi connectivity index (χ2v) is 14.8. The van der Waals surface area contributed by atoms with Crippen LogP contribution in [0.25, 0.3) is 33.1 Å². The monoisotopic (exact) mass is 721 g/mol. The molecule has 8 aromatic rings. The third-order valence-corrected chi connectivity index (χ3v) is 11.6. The third-order valence-electron chi connectivity index (χ3n) is 11.6. The van der Waals surface area contributed by atoms with E-state index in [2.05, 4.69) is 214 Å². The van der Waals surface area contributed by atoms with Gasteiger partial charge < -0.3 is 14.8 Å². The summed E-state index contributed by atoms with van der Waals surface area (Å²) in [5, 5.41) is 9.94. The standard InChI is InChI=1S/C51H39N5/c1-4-15-34(16-5-1)49-52-50(35-17-6-2-7-18-35)54-51(53-49)38-19-14-22-40(31-38)56-45-25-12-10-23-41(45)43-29-27-37(33-48(43)56)36-28-30-47-44(32-36)42-24-11-13-26-46(42)55(47)39-20-8-3-9-21-39/h1-33,44,47,49,51,53H,(H,52,54). The van der Waals surface area contributed by atoms with E-state index in [1.807, 2.05) is 6.07 Å². The minimum absolute atomic E-state index is 0.101. The number of nitrogens with one attached hydrogen (secondary N) is 2. The largest absolute Gasteiger partial charge is 0.350 e. The number of hydrogen-bond acceptors (Lipinski definition) is 4. The first-order valence-corrected chi connectivity index (χ1v) is 19.4. The predicted molar refractivity (Wildman–Crippen MR) is 231 cm³/mol. The topological polar surface area (TPSA) is 44.6 Å².